The lowest BCUT2D eigenvalue weighted by molar-refractivity contribution is 0.0209. The third kappa shape index (κ3) is 2.98. The predicted molar refractivity (Wildman–Crippen MR) is 81.9 cm³/mol. The van der Waals surface area contributed by atoms with Crippen molar-refractivity contribution in [1.82, 2.24) is 4.90 Å². The molecule has 106 valence electrons. The topological polar surface area (TPSA) is 39.5 Å². The summed E-state index contributed by atoms with van der Waals surface area (Å²) in [6.07, 6.45) is 1.19. The van der Waals surface area contributed by atoms with Crippen LogP contribution in [0.1, 0.15) is 12.0 Å². The minimum atomic E-state index is 0.614. The van der Waals surface area contributed by atoms with Crippen molar-refractivity contribution in [2.24, 2.45) is 0 Å². The van der Waals surface area contributed by atoms with Gasteiger partial charge in [-0.15, -0.1) is 0 Å². The molecule has 0 amide bonds. The molecule has 2 aliphatic heterocycles. The van der Waals surface area contributed by atoms with E-state index in [-0.39, 0.29) is 0 Å². The summed E-state index contributed by atoms with van der Waals surface area (Å²) in [7, 11) is 0. The summed E-state index contributed by atoms with van der Waals surface area (Å²) in [5.41, 5.74) is 1.86. The zero-order valence-corrected chi connectivity index (χ0v) is 13.0. The number of benzene rings is 1. The summed E-state index contributed by atoms with van der Waals surface area (Å²) >= 11 is 3.49. The number of hydrogen-bond acceptors (Lipinski definition) is 4. The van der Waals surface area contributed by atoms with Crippen molar-refractivity contribution in [2.75, 3.05) is 44.3 Å². The van der Waals surface area contributed by atoms with Gasteiger partial charge in [-0.25, -0.2) is 0 Å². The molecular formula is C15H18BrN3O. The number of ether oxygens (including phenoxy) is 1. The van der Waals surface area contributed by atoms with Crippen LogP contribution in [-0.2, 0) is 4.74 Å². The molecule has 1 aromatic rings. The van der Waals surface area contributed by atoms with Gasteiger partial charge in [-0.05, 0) is 24.6 Å². The average molecular weight is 336 g/mol. The minimum absolute atomic E-state index is 0.614. The van der Waals surface area contributed by atoms with Gasteiger partial charge < -0.3 is 9.64 Å². The molecule has 0 aliphatic carbocycles. The molecule has 2 heterocycles. The Morgan fingerprint density at radius 3 is 2.75 bits per heavy atom. The second-order valence-corrected chi connectivity index (χ2v) is 6.26. The summed E-state index contributed by atoms with van der Waals surface area (Å²) in [6.45, 7) is 5.89. The Morgan fingerprint density at radius 1 is 1.20 bits per heavy atom. The molecule has 0 spiro atoms. The summed E-state index contributed by atoms with van der Waals surface area (Å²) in [6, 6.07) is 8.78. The fourth-order valence-corrected chi connectivity index (χ4v) is 3.52. The van der Waals surface area contributed by atoms with Gasteiger partial charge in [-0.3, -0.25) is 4.90 Å². The maximum absolute atomic E-state index is 9.07. The summed E-state index contributed by atoms with van der Waals surface area (Å²) < 4.78 is 6.39. The molecule has 3 rings (SSSR count). The predicted octanol–water partition coefficient (Wildman–Crippen LogP) is 2.23. The number of rotatable bonds is 2. The number of nitrogens with zero attached hydrogens (tertiary/aromatic N) is 3. The van der Waals surface area contributed by atoms with Gasteiger partial charge in [0.2, 0.25) is 0 Å². The first-order chi connectivity index (χ1) is 9.76. The van der Waals surface area contributed by atoms with E-state index >= 15 is 0 Å². The van der Waals surface area contributed by atoms with E-state index in [1.54, 1.807) is 0 Å². The molecule has 1 unspecified atom stereocenters. The standard InChI is InChI=1S/C15H18BrN3O/c16-13-7-12(10-17)8-15(9-13)19-2-1-14(11-19)18-3-5-20-6-4-18/h7-9,14H,1-6,11H2. The van der Waals surface area contributed by atoms with Crippen LogP contribution in [0.4, 0.5) is 5.69 Å². The first-order valence-electron chi connectivity index (χ1n) is 7.04. The van der Waals surface area contributed by atoms with Crippen LogP contribution in [0.5, 0.6) is 0 Å². The number of anilines is 1. The van der Waals surface area contributed by atoms with Crippen molar-refractivity contribution in [3.8, 4) is 6.07 Å². The van der Waals surface area contributed by atoms with E-state index in [9.17, 15) is 0 Å². The van der Waals surface area contributed by atoms with Crippen molar-refractivity contribution in [2.45, 2.75) is 12.5 Å². The van der Waals surface area contributed by atoms with Gasteiger partial charge in [0.1, 0.15) is 0 Å². The third-order valence-electron chi connectivity index (χ3n) is 4.10. The van der Waals surface area contributed by atoms with Crippen LogP contribution in [0.2, 0.25) is 0 Å². The monoisotopic (exact) mass is 335 g/mol. The van der Waals surface area contributed by atoms with E-state index in [2.05, 4.69) is 37.9 Å². The smallest absolute Gasteiger partial charge is 0.0992 e. The summed E-state index contributed by atoms with van der Waals surface area (Å²) in [4.78, 5) is 4.92. The lowest BCUT2D eigenvalue weighted by Gasteiger charge is -2.32. The molecule has 0 radical (unpaired) electrons. The molecule has 1 aromatic carbocycles. The lowest BCUT2D eigenvalue weighted by atomic mass is 10.2. The molecule has 0 aromatic heterocycles. The van der Waals surface area contributed by atoms with E-state index in [0.717, 1.165) is 49.6 Å². The van der Waals surface area contributed by atoms with Gasteiger partial charge in [-0.1, -0.05) is 15.9 Å². The molecule has 0 saturated carbocycles. The van der Waals surface area contributed by atoms with E-state index in [4.69, 9.17) is 10.00 Å². The van der Waals surface area contributed by atoms with Crippen molar-refractivity contribution < 1.29 is 4.74 Å². The molecular weight excluding hydrogens is 318 g/mol. The maximum Gasteiger partial charge on any atom is 0.0992 e. The molecule has 1 atom stereocenters. The van der Waals surface area contributed by atoms with Crippen LogP contribution < -0.4 is 4.90 Å². The second-order valence-electron chi connectivity index (χ2n) is 5.35. The fraction of sp³-hybridized carbons (Fsp3) is 0.533. The van der Waals surface area contributed by atoms with Crippen LogP contribution in [-0.4, -0.2) is 50.3 Å². The Bertz CT molecular complexity index is 522. The summed E-state index contributed by atoms with van der Waals surface area (Å²) in [5.74, 6) is 0. The van der Waals surface area contributed by atoms with Crippen LogP contribution in [0.3, 0.4) is 0 Å². The first-order valence-corrected chi connectivity index (χ1v) is 7.83. The van der Waals surface area contributed by atoms with Crippen molar-refractivity contribution in [3.63, 3.8) is 0 Å². The minimum Gasteiger partial charge on any atom is -0.379 e. The number of nitriles is 1. The molecule has 0 bridgehead atoms. The molecule has 4 nitrogen and oxygen atoms in total. The largest absolute Gasteiger partial charge is 0.379 e. The Balaban J connectivity index is 1.70. The van der Waals surface area contributed by atoms with E-state index in [1.165, 1.54) is 6.42 Å². The lowest BCUT2D eigenvalue weighted by Crippen LogP contribution is -2.44. The normalized spacial score (nSPS) is 23.8. The Labute approximate surface area is 128 Å². The summed E-state index contributed by atoms with van der Waals surface area (Å²) in [5, 5.41) is 9.07. The van der Waals surface area contributed by atoms with Gasteiger partial charge in [0.15, 0.2) is 0 Å². The Kier molecular flexibility index (Phi) is 4.25. The zero-order valence-electron chi connectivity index (χ0n) is 11.4. The molecule has 20 heavy (non-hydrogen) atoms. The molecule has 0 N–H and O–H groups in total. The molecule has 2 fully saturated rings. The number of hydrogen-bond donors (Lipinski definition) is 0. The highest BCUT2D eigenvalue weighted by atomic mass is 79.9. The number of halogens is 1. The second kappa shape index (κ2) is 6.13. The van der Waals surface area contributed by atoms with Crippen molar-refractivity contribution in [3.05, 3.63) is 28.2 Å². The molecule has 5 heteroatoms. The van der Waals surface area contributed by atoms with Gasteiger partial charge >= 0.3 is 0 Å². The molecule has 2 saturated heterocycles. The van der Waals surface area contributed by atoms with Crippen LogP contribution in [0.25, 0.3) is 0 Å². The quantitative estimate of drug-likeness (QED) is 0.830. The third-order valence-corrected chi connectivity index (χ3v) is 4.56. The van der Waals surface area contributed by atoms with Crippen LogP contribution >= 0.6 is 15.9 Å². The van der Waals surface area contributed by atoms with Crippen LogP contribution in [0, 0.1) is 11.3 Å². The van der Waals surface area contributed by atoms with Crippen molar-refractivity contribution >= 4 is 21.6 Å². The highest BCUT2D eigenvalue weighted by Crippen LogP contribution is 2.27. The van der Waals surface area contributed by atoms with Crippen LogP contribution in [0.15, 0.2) is 22.7 Å². The van der Waals surface area contributed by atoms with E-state index < -0.39 is 0 Å². The van der Waals surface area contributed by atoms with Gasteiger partial charge in [0, 0.05) is 42.4 Å². The highest BCUT2D eigenvalue weighted by Gasteiger charge is 2.29. The van der Waals surface area contributed by atoms with Crippen molar-refractivity contribution in [1.29, 1.82) is 5.26 Å². The van der Waals surface area contributed by atoms with Gasteiger partial charge in [-0.2, -0.15) is 5.26 Å². The molecule has 2 aliphatic rings. The van der Waals surface area contributed by atoms with E-state index in [0.29, 0.717) is 11.6 Å². The van der Waals surface area contributed by atoms with Gasteiger partial charge in [0.25, 0.3) is 0 Å². The Hall–Kier alpha value is -1.09. The Morgan fingerprint density at radius 2 is 2.00 bits per heavy atom. The fourth-order valence-electron chi connectivity index (χ4n) is 3.04. The maximum atomic E-state index is 9.07. The highest BCUT2D eigenvalue weighted by molar-refractivity contribution is 9.10. The SMILES string of the molecule is N#Cc1cc(Br)cc(N2CCC(N3CCOCC3)C2)c1. The average Bonchev–Trinajstić information content (AvgIpc) is 2.97. The number of morpholine rings is 1. The first kappa shape index (κ1) is 13.9. The van der Waals surface area contributed by atoms with Gasteiger partial charge in [0.05, 0.1) is 24.8 Å². The van der Waals surface area contributed by atoms with E-state index in [1.807, 2.05) is 12.1 Å². The zero-order chi connectivity index (χ0) is 13.9.